The molecule has 0 radical (unpaired) electrons. The zero-order chi connectivity index (χ0) is 16.7. The highest BCUT2D eigenvalue weighted by Crippen LogP contribution is 2.37. The van der Waals surface area contributed by atoms with E-state index in [0.717, 1.165) is 0 Å². The normalized spacial score (nSPS) is 19.4. The molecule has 1 aromatic heterocycles. The van der Waals surface area contributed by atoms with Gasteiger partial charge in [-0.15, -0.1) is 0 Å². The zero-order valence-electron chi connectivity index (χ0n) is 12.8. The van der Waals surface area contributed by atoms with Gasteiger partial charge in [-0.1, -0.05) is 0 Å². The summed E-state index contributed by atoms with van der Waals surface area (Å²) in [6, 6.07) is -1.99. The first-order valence-electron chi connectivity index (χ1n) is 7.01. The SMILES string of the molecule is Cc1c(O)c(=O)c(C(N2CCN(C)CC2)C(F)(F)F)cn1C. The van der Waals surface area contributed by atoms with Crippen LogP contribution < -0.4 is 5.43 Å². The number of hydrogen-bond acceptors (Lipinski definition) is 4. The van der Waals surface area contributed by atoms with Gasteiger partial charge in [0.05, 0.1) is 5.69 Å². The number of piperazine rings is 1. The van der Waals surface area contributed by atoms with Crippen LogP contribution in [0.3, 0.4) is 0 Å². The summed E-state index contributed by atoms with van der Waals surface area (Å²) in [7, 11) is 3.35. The predicted molar refractivity (Wildman–Crippen MR) is 76.0 cm³/mol. The van der Waals surface area contributed by atoms with Crippen LogP contribution in [-0.2, 0) is 7.05 Å². The van der Waals surface area contributed by atoms with Crippen LogP contribution in [0.5, 0.6) is 5.75 Å². The Morgan fingerprint density at radius 3 is 2.23 bits per heavy atom. The molecular weight excluding hydrogens is 299 g/mol. The van der Waals surface area contributed by atoms with Gasteiger partial charge in [-0.3, -0.25) is 9.69 Å². The summed E-state index contributed by atoms with van der Waals surface area (Å²) >= 11 is 0. The second-order valence-electron chi connectivity index (χ2n) is 5.74. The summed E-state index contributed by atoms with van der Waals surface area (Å²) in [4.78, 5) is 15.3. The van der Waals surface area contributed by atoms with Crippen LogP contribution >= 0.6 is 0 Å². The Kier molecular flexibility index (Phi) is 4.53. The third kappa shape index (κ3) is 3.12. The minimum absolute atomic E-state index is 0.221. The first kappa shape index (κ1) is 16.8. The van der Waals surface area contributed by atoms with E-state index in [-0.39, 0.29) is 18.8 Å². The van der Waals surface area contributed by atoms with Gasteiger partial charge in [0.15, 0.2) is 5.75 Å². The molecule has 2 heterocycles. The van der Waals surface area contributed by atoms with Crippen molar-refractivity contribution in [1.29, 1.82) is 0 Å². The van der Waals surface area contributed by atoms with E-state index in [1.54, 1.807) is 0 Å². The average molecular weight is 319 g/mol. The number of nitrogens with zero attached hydrogens (tertiary/aromatic N) is 3. The Morgan fingerprint density at radius 2 is 1.73 bits per heavy atom. The van der Waals surface area contributed by atoms with Crippen molar-refractivity contribution in [2.45, 2.75) is 19.1 Å². The molecule has 1 saturated heterocycles. The van der Waals surface area contributed by atoms with Crippen molar-refractivity contribution in [3.8, 4) is 5.75 Å². The molecule has 2 rings (SSSR count). The number of hydrogen-bond donors (Lipinski definition) is 1. The summed E-state index contributed by atoms with van der Waals surface area (Å²) < 4.78 is 42.0. The van der Waals surface area contributed by atoms with Crippen LogP contribution in [-0.4, -0.2) is 58.9 Å². The number of rotatable bonds is 2. The van der Waals surface area contributed by atoms with Gasteiger partial charge in [0.1, 0.15) is 6.04 Å². The molecule has 1 aliphatic rings. The number of alkyl halides is 3. The maximum atomic E-state index is 13.5. The molecule has 124 valence electrons. The van der Waals surface area contributed by atoms with E-state index in [1.807, 2.05) is 11.9 Å². The minimum atomic E-state index is -4.58. The van der Waals surface area contributed by atoms with Crippen molar-refractivity contribution in [3.63, 3.8) is 0 Å². The van der Waals surface area contributed by atoms with Gasteiger partial charge in [-0.25, -0.2) is 0 Å². The fourth-order valence-corrected chi connectivity index (χ4v) is 2.69. The molecule has 0 saturated carbocycles. The summed E-state index contributed by atoms with van der Waals surface area (Å²) in [5.41, 5.74) is -1.13. The van der Waals surface area contributed by atoms with E-state index in [4.69, 9.17) is 0 Å². The first-order valence-corrected chi connectivity index (χ1v) is 7.01. The molecule has 5 nitrogen and oxygen atoms in total. The Labute approximate surface area is 126 Å². The Morgan fingerprint density at radius 1 is 1.18 bits per heavy atom. The molecular formula is C14H20F3N3O2. The maximum Gasteiger partial charge on any atom is 0.408 e. The lowest BCUT2D eigenvalue weighted by atomic mass is 10.0. The lowest BCUT2D eigenvalue weighted by molar-refractivity contribution is -0.190. The van der Waals surface area contributed by atoms with Gasteiger partial charge >= 0.3 is 6.18 Å². The van der Waals surface area contributed by atoms with Gasteiger partial charge in [-0.2, -0.15) is 13.2 Å². The van der Waals surface area contributed by atoms with Crippen molar-refractivity contribution in [2.75, 3.05) is 33.2 Å². The largest absolute Gasteiger partial charge is 0.503 e. The summed E-state index contributed by atoms with van der Waals surface area (Å²) in [5, 5.41) is 9.80. The van der Waals surface area contributed by atoms with Crippen LogP contribution in [0.4, 0.5) is 13.2 Å². The molecule has 1 atom stereocenters. The first-order chi connectivity index (χ1) is 10.1. The fraction of sp³-hybridized carbons (Fsp3) is 0.643. The van der Waals surface area contributed by atoms with Crippen molar-refractivity contribution < 1.29 is 18.3 Å². The predicted octanol–water partition coefficient (Wildman–Crippen LogP) is 1.25. The lowest BCUT2D eigenvalue weighted by Gasteiger charge is -2.38. The molecule has 0 bridgehead atoms. The molecule has 1 aliphatic heterocycles. The number of likely N-dealkylation sites (N-methyl/N-ethyl adjacent to an activating group) is 1. The minimum Gasteiger partial charge on any atom is -0.503 e. The standard InChI is InChI=1S/C14H20F3N3O2/c1-9-11(21)12(22)10(8-19(9)3)13(14(15,16)17)20-6-4-18(2)5-7-20/h8,13,21H,4-7H2,1-3H3. The maximum absolute atomic E-state index is 13.5. The molecule has 1 fully saturated rings. The molecule has 0 aromatic carbocycles. The van der Waals surface area contributed by atoms with Gasteiger partial charge < -0.3 is 14.6 Å². The Balaban J connectivity index is 2.50. The smallest absolute Gasteiger partial charge is 0.408 e. The highest BCUT2D eigenvalue weighted by Gasteiger charge is 2.47. The van der Waals surface area contributed by atoms with Gasteiger partial charge in [0, 0.05) is 45.0 Å². The topological polar surface area (TPSA) is 48.7 Å². The highest BCUT2D eigenvalue weighted by molar-refractivity contribution is 5.33. The second kappa shape index (κ2) is 5.92. The molecule has 0 spiro atoms. The zero-order valence-corrected chi connectivity index (χ0v) is 12.8. The van der Waals surface area contributed by atoms with E-state index < -0.39 is 29.0 Å². The van der Waals surface area contributed by atoms with Crippen LogP contribution in [0.25, 0.3) is 0 Å². The summed E-state index contributed by atoms with van der Waals surface area (Å²) in [6.07, 6.45) is -3.41. The van der Waals surface area contributed by atoms with Crippen LogP contribution in [0.1, 0.15) is 17.3 Å². The van der Waals surface area contributed by atoms with Gasteiger partial charge in [0.2, 0.25) is 5.43 Å². The van der Waals surface area contributed by atoms with E-state index in [9.17, 15) is 23.1 Å². The molecule has 1 N–H and O–H groups in total. The molecule has 8 heteroatoms. The summed E-state index contributed by atoms with van der Waals surface area (Å²) in [5.74, 6) is -0.622. The van der Waals surface area contributed by atoms with E-state index in [2.05, 4.69) is 0 Å². The van der Waals surface area contributed by atoms with Crippen LogP contribution in [0.15, 0.2) is 11.0 Å². The van der Waals surface area contributed by atoms with Crippen molar-refractivity contribution in [1.82, 2.24) is 14.4 Å². The fourth-order valence-electron chi connectivity index (χ4n) is 2.69. The molecule has 0 aliphatic carbocycles. The molecule has 22 heavy (non-hydrogen) atoms. The molecule has 1 aromatic rings. The third-order valence-electron chi connectivity index (χ3n) is 4.19. The van der Waals surface area contributed by atoms with Crippen LogP contribution in [0, 0.1) is 6.92 Å². The van der Waals surface area contributed by atoms with E-state index in [1.165, 1.54) is 29.6 Å². The number of halogens is 3. The quantitative estimate of drug-likeness (QED) is 0.891. The van der Waals surface area contributed by atoms with Crippen LogP contribution in [0.2, 0.25) is 0 Å². The van der Waals surface area contributed by atoms with Gasteiger partial charge in [-0.05, 0) is 14.0 Å². The highest BCUT2D eigenvalue weighted by atomic mass is 19.4. The number of aryl methyl sites for hydroxylation is 1. The third-order valence-corrected chi connectivity index (χ3v) is 4.19. The molecule has 1 unspecified atom stereocenters. The monoisotopic (exact) mass is 319 g/mol. The van der Waals surface area contributed by atoms with Crippen molar-refractivity contribution in [2.24, 2.45) is 7.05 Å². The second-order valence-corrected chi connectivity index (χ2v) is 5.74. The number of aromatic hydroxyl groups is 1. The van der Waals surface area contributed by atoms with Gasteiger partial charge in [0.25, 0.3) is 0 Å². The Hall–Kier alpha value is -1.54. The Bertz CT molecular complexity index is 605. The number of aromatic nitrogens is 1. The average Bonchev–Trinajstić information content (AvgIpc) is 2.43. The van der Waals surface area contributed by atoms with E-state index >= 15 is 0 Å². The summed E-state index contributed by atoms with van der Waals surface area (Å²) in [6.45, 7) is 2.94. The van der Waals surface area contributed by atoms with Crippen molar-refractivity contribution in [3.05, 3.63) is 27.7 Å². The lowest BCUT2D eigenvalue weighted by Crippen LogP contribution is -2.50. The number of pyridine rings is 1. The van der Waals surface area contributed by atoms with E-state index in [0.29, 0.717) is 13.1 Å². The molecule has 0 amide bonds. The van der Waals surface area contributed by atoms with Crippen molar-refractivity contribution >= 4 is 0 Å².